The van der Waals surface area contributed by atoms with E-state index in [2.05, 4.69) is 31.3 Å². The summed E-state index contributed by atoms with van der Waals surface area (Å²) < 4.78 is 16.6. The molecule has 0 aromatic carbocycles. The summed E-state index contributed by atoms with van der Waals surface area (Å²) >= 11 is 0. The monoisotopic (exact) mass is 938 g/mol. The van der Waals surface area contributed by atoms with Gasteiger partial charge in [-0.25, -0.2) is 0 Å². The van der Waals surface area contributed by atoms with Crippen LogP contribution in [0.4, 0.5) is 0 Å². The van der Waals surface area contributed by atoms with Crippen LogP contribution in [0.5, 0.6) is 0 Å². The molecule has 0 aromatic rings. The Kier molecular flexibility index (Phi) is 42.9. The molecule has 11 heteroatoms. The molecule has 7 unspecified atom stereocenters. The number of carbonyl (C=O) groups excluding carboxylic acids is 2. The third kappa shape index (κ3) is 35.3. The van der Waals surface area contributed by atoms with Crippen molar-refractivity contribution in [2.75, 3.05) is 19.8 Å². The van der Waals surface area contributed by atoms with E-state index in [9.17, 15) is 35.1 Å². The topological polar surface area (TPSA) is 175 Å². The molecule has 1 rings (SSSR count). The van der Waals surface area contributed by atoms with Crippen molar-refractivity contribution in [2.24, 2.45) is 0 Å². The highest BCUT2D eigenvalue weighted by Gasteiger charge is 2.44. The fourth-order valence-electron chi connectivity index (χ4n) is 8.60. The van der Waals surface area contributed by atoms with Crippen molar-refractivity contribution in [3.63, 3.8) is 0 Å². The summed E-state index contributed by atoms with van der Waals surface area (Å²) in [5.41, 5.74) is 0. The minimum atomic E-state index is -1.57. The van der Waals surface area contributed by atoms with Crippen LogP contribution < -0.4 is 5.32 Å². The SMILES string of the molecule is CCCCC/C=C\CCCCCCCC(=O)OCCCCCCCCCCCCCCCCCCCC(=O)NC(COC1OC(CO)C(O)C(O)C1O)C(O)/C=C/CCCCCCCCC. The molecule has 0 radical (unpaired) electrons. The smallest absolute Gasteiger partial charge is 0.305 e. The molecule has 1 heterocycles. The summed E-state index contributed by atoms with van der Waals surface area (Å²) in [6.07, 6.45) is 42.7. The lowest BCUT2D eigenvalue weighted by Crippen LogP contribution is -2.60. The molecule has 1 amide bonds. The highest BCUT2D eigenvalue weighted by Crippen LogP contribution is 2.23. The van der Waals surface area contributed by atoms with Gasteiger partial charge in [0.25, 0.3) is 0 Å². The molecule has 0 aromatic heterocycles. The summed E-state index contributed by atoms with van der Waals surface area (Å²) in [6.45, 7) is 4.27. The third-order valence-electron chi connectivity index (χ3n) is 13.1. The molecule has 1 aliphatic rings. The van der Waals surface area contributed by atoms with Crippen molar-refractivity contribution < 1.29 is 49.3 Å². The van der Waals surface area contributed by atoms with Crippen LogP contribution in [0.1, 0.15) is 251 Å². The van der Waals surface area contributed by atoms with Crippen LogP contribution in [0, 0.1) is 0 Å². The lowest BCUT2D eigenvalue weighted by molar-refractivity contribution is -0.302. The van der Waals surface area contributed by atoms with Gasteiger partial charge in [-0.15, -0.1) is 0 Å². The number of esters is 1. The zero-order valence-corrected chi connectivity index (χ0v) is 42.4. The predicted molar refractivity (Wildman–Crippen MR) is 269 cm³/mol. The number of carbonyl (C=O) groups is 2. The molecule has 0 saturated carbocycles. The van der Waals surface area contributed by atoms with Crippen molar-refractivity contribution in [1.29, 1.82) is 0 Å². The molecule has 7 atom stereocenters. The summed E-state index contributed by atoms with van der Waals surface area (Å²) in [5.74, 6) is -0.211. The van der Waals surface area contributed by atoms with Gasteiger partial charge in [-0.05, 0) is 57.8 Å². The summed E-state index contributed by atoms with van der Waals surface area (Å²) in [6, 6.07) is -0.812. The second-order valence-electron chi connectivity index (χ2n) is 19.3. The van der Waals surface area contributed by atoms with E-state index >= 15 is 0 Å². The highest BCUT2D eigenvalue weighted by molar-refractivity contribution is 5.76. The van der Waals surface area contributed by atoms with Gasteiger partial charge in [-0.3, -0.25) is 9.59 Å². The molecule has 1 aliphatic heterocycles. The van der Waals surface area contributed by atoms with Gasteiger partial charge in [-0.1, -0.05) is 205 Å². The Labute approximate surface area is 403 Å². The second-order valence-corrected chi connectivity index (χ2v) is 19.3. The number of allylic oxidation sites excluding steroid dienone is 3. The van der Waals surface area contributed by atoms with E-state index in [4.69, 9.17) is 14.2 Å². The van der Waals surface area contributed by atoms with E-state index in [-0.39, 0.29) is 18.5 Å². The van der Waals surface area contributed by atoms with Gasteiger partial charge in [0.15, 0.2) is 6.29 Å². The first-order valence-electron chi connectivity index (χ1n) is 27.6. The van der Waals surface area contributed by atoms with Gasteiger partial charge in [0.2, 0.25) is 5.91 Å². The maximum absolute atomic E-state index is 13.0. The maximum atomic E-state index is 13.0. The predicted octanol–water partition coefficient (Wildman–Crippen LogP) is 11.8. The van der Waals surface area contributed by atoms with Crippen molar-refractivity contribution in [1.82, 2.24) is 5.32 Å². The number of amides is 1. The number of hydrogen-bond donors (Lipinski definition) is 6. The zero-order valence-electron chi connectivity index (χ0n) is 42.4. The number of nitrogens with one attached hydrogen (secondary N) is 1. The Hall–Kier alpha value is -1.86. The van der Waals surface area contributed by atoms with Crippen LogP contribution in [0.2, 0.25) is 0 Å². The van der Waals surface area contributed by atoms with Crippen LogP contribution in [0.3, 0.4) is 0 Å². The summed E-state index contributed by atoms with van der Waals surface area (Å²) in [4.78, 5) is 25.0. The second kappa shape index (κ2) is 45.6. The van der Waals surface area contributed by atoms with Gasteiger partial charge < -0.3 is 45.1 Å². The molecule has 388 valence electrons. The van der Waals surface area contributed by atoms with Crippen LogP contribution >= 0.6 is 0 Å². The number of aliphatic hydroxyl groups excluding tert-OH is 5. The zero-order chi connectivity index (χ0) is 48.1. The number of hydrogen-bond acceptors (Lipinski definition) is 10. The van der Waals surface area contributed by atoms with Crippen LogP contribution in [-0.2, 0) is 23.8 Å². The van der Waals surface area contributed by atoms with E-state index < -0.39 is 49.5 Å². The van der Waals surface area contributed by atoms with Crippen LogP contribution in [-0.4, -0.2) is 100 Å². The molecule has 0 spiro atoms. The lowest BCUT2D eigenvalue weighted by Gasteiger charge is -2.40. The Balaban J connectivity index is 2.07. The van der Waals surface area contributed by atoms with E-state index in [1.165, 1.54) is 161 Å². The van der Waals surface area contributed by atoms with Crippen molar-refractivity contribution in [3.05, 3.63) is 24.3 Å². The van der Waals surface area contributed by atoms with Crippen LogP contribution in [0.25, 0.3) is 0 Å². The minimum Gasteiger partial charge on any atom is -0.466 e. The van der Waals surface area contributed by atoms with E-state index in [0.717, 1.165) is 64.2 Å². The fourth-order valence-corrected chi connectivity index (χ4v) is 8.60. The standard InChI is InChI=1S/C55H103NO10/c1-3-5-7-9-11-13-14-23-27-31-35-39-43-51(60)64-44-40-36-32-28-24-21-19-17-15-16-18-20-22-26-30-34-38-42-50(59)56-47(48(58)41-37-33-29-25-12-10-8-6-4-2)46-65-55-54(63)53(62)52(61)49(45-57)66-55/h11,13,37,41,47-49,52-55,57-58,61-63H,3-10,12,14-36,38-40,42-46H2,1-2H3,(H,56,59)/b13-11-,41-37+. The molecule has 11 nitrogen and oxygen atoms in total. The van der Waals surface area contributed by atoms with Gasteiger partial charge in [0, 0.05) is 12.8 Å². The highest BCUT2D eigenvalue weighted by atomic mass is 16.7. The third-order valence-corrected chi connectivity index (χ3v) is 13.1. The largest absolute Gasteiger partial charge is 0.466 e. The normalized spacial score (nSPS) is 19.8. The van der Waals surface area contributed by atoms with E-state index in [1.807, 2.05) is 6.08 Å². The Morgan fingerprint density at radius 1 is 0.545 bits per heavy atom. The molecule has 0 bridgehead atoms. The number of unbranched alkanes of at least 4 members (excludes halogenated alkanes) is 31. The first kappa shape index (κ1) is 62.2. The first-order chi connectivity index (χ1) is 32.2. The van der Waals surface area contributed by atoms with Crippen molar-refractivity contribution >= 4 is 11.9 Å². The average Bonchev–Trinajstić information content (AvgIpc) is 3.31. The maximum Gasteiger partial charge on any atom is 0.305 e. The number of rotatable bonds is 47. The molecular weight excluding hydrogens is 835 g/mol. The molecular formula is C55H103NO10. The summed E-state index contributed by atoms with van der Waals surface area (Å²) in [5, 5.41) is 54.1. The number of ether oxygens (including phenoxy) is 3. The Bertz CT molecular complexity index is 1150. The molecule has 66 heavy (non-hydrogen) atoms. The van der Waals surface area contributed by atoms with Crippen molar-refractivity contribution in [2.45, 2.75) is 294 Å². The first-order valence-corrected chi connectivity index (χ1v) is 27.6. The molecule has 1 saturated heterocycles. The van der Waals surface area contributed by atoms with Crippen molar-refractivity contribution in [3.8, 4) is 0 Å². The molecule has 1 fully saturated rings. The Morgan fingerprint density at radius 3 is 1.48 bits per heavy atom. The quantitative estimate of drug-likeness (QED) is 0.0196. The summed E-state index contributed by atoms with van der Waals surface area (Å²) in [7, 11) is 0. The molecule has 0 aliphatic carbocycles. The van der Waals surface area contributed by atoms with Gasteiger partial charge in [0.1, 0.15) is 24.4 Å². The average molecular weight is 938 g/mol. The number of aliphatic hydroxyl groups is 5. The van der Waals surface area contributed by atoms with Crippen LogP contribution in [0.15, 0.2) is 24.3 Å². The van der Waals surface area contributed by atoms with Gasteiger partial charge in [-0.2, -0.15) is 0 Å². The van der Waals surface area contributed by atoms with E-state index in [0.29, 0.717) is 19.4 Å². The molecule has 6 N–H and O–H groups in total. The van der Waals surface area contributed by atoms with Gasteiger partial charge >= 0.3 is 5.97 Å². The fraction of sp³-hybridized carbons (Fsp3) is 0.891. The lowest BCUT2D eigenvalue weighted by atomic mass is 9.99. The minimum absolute atomic E-state index is 0.0219. The Morgan fingerprint density at radius 2 is 0.970 bits per heavy atom. The van der Waals surface area contributed by atoms with Gasteiger partial charge in [0.05, 0.1) is 32.0 Å². The van der Waals surface area contributed by atoms with E-state index in [1.54, 1.807) is 6.08 Å².